The lowest BCUT2D eigenvalue weighted by Crippen LogP contribution is -2.44. The average molecular weight is 314 g/mol. The van der Waals surface area contributed by atoms with Gasteiger partial charge in [-0.1, -0.05) is 6.42 Å². The monoisotopic (exact) mass is 314 g/mol. The van der Waals surface area contributed by atoms with Gasteiger partial charge in [-0.2, -0.15) is 10.2 Å². The molecule has 4 rings (SSSR count). The minimum Gasteiger partial charge on any atom is -0.302 e. The normalized spacial score (nSPS) is 23.6. The minimum absolute atomic E-state index is 0.588. The Morgan fingerprint density at radius 1 is 1.17 bits per heavy atom. The third-order valence-corrected chi connectivity index (χ3v) is 5.22. The lowest BCUT2D eigenvalue weighted by atomic mass is 10.1. The zero-order chi connectivity index (χ0) is 15.5. The Bertz CT molecular complexity index is 598. The van der Waals surface area contributed by atoms with Crippen molar-refractivity contribution in [1.82, 2.24) is 29.8 Å². The van der Waals surface area contributed by atoms with E-state index in [0.29, 0.717) is 6.04 Å². The first kappa shape index (κ1) is 14.9. The Morgan fingerprint density at radius 2 is 2.09 bits per heavy atom. The van der Waals surface area contributed by atoms with Gasteiger partial charge in [0.05, 0.1) is 11.9 Å². The van der Waals surface area contributed by atoms with Crippen molar-refractivity contribution < 1.29 is 0 Å². The van der Waals surface area contributed by atoms with E-state index < -0.39 is 0 Å². The summed E-state index contributed by atoms with van der Waals surface area (Å²) in [6.45, 7) is 6.68. The molecule has 4 heterocycles. The van der Waals surface area contributed by atoms with Crippen LogP contribution in [-0.2, 0) is 19.6 Å². The van der Waals surface area contributed by atoms with Crippen molar-refractivity contribution in [3.63, 3.8) is 0 Å². The number of nitrogens with zero attached hydrogens (tertiary/aromatic N) is 5. The van der Waals surface area contributed by atoms with Gasteiger partial charge in [-0.05, 0) is 38.4 Å². The van der Waals surface area contributed by atoms with Crippen LogP contribution in [0.5, 0.6) is 0 Å². The van der Waals surface area contributed by atoms with Crippen molar-refractivity contribution in [2.45, 2.75) is 51.4 Å². The molecule has 1 atom stereocenters. The molecular weight excluding hydrogens is 288 g/mol. The second kappa shape index (κ2) is 6.84. The molecule has 2 aromatic heterocycles. The van der Waals surface area contributed by atoms with Crippen LogP contribution in [-0.4, -0.2) is 55.5 Å². The number of H-pyrrole nitrogens is 1. The molecule has 0 radical (unpaired) electrons. The number of rotatable bonds is 4. The maximum Gasteiger partial charge on any atom is 0.0532 e. The molecule has 0 aromatic carbocycles. The molecule has 2 aliphatic heterocycles. The fraction of sp³-hybridized carbons (Fsp3) is 0.647. The number of hydrogen-bond donors (Lipinski definition) is 1. The number of piperidine rings is 1. The van der Waals surface area contributed by atoms with Crippen LogP contribution in [0.4, 0.5) is 0 Å². The van der Waals surface area contributed by atoms with Crippen molar-refractivity contribution >= 4 is 0 Å². The largest absolute Gasteiger partial charge is 0.302 e. The zero-order valence-corrected chi connectivity index (χ0v) is 13.7. The predicted octanol–water partition coefficient (Wildman–Crippen LogP) is 1.87. The molecule has 1 fully saturated rings. The van der Waals surface area contributed by atoms with Gasteiger partial charge in [0, 0.05) is 50.2 Å². The number of fused-ring (bicyclic) bond motifs is 1. The molecule has 1 N–H and O–H groups in total. The summed E-state index contributed by atoms with van der Waals surface area (Å²) in [5.41, 5.74) is 2.59. The highest BCUT2D eigenvalue weighted by Crippen LogP contribution is 2.21. The summed E-state index contributed by atoms with van der Waals surface area (Å²) in [6, 6.07) is 2.75. The van der Waals surface area contributed by atoms with E-state index in [0.717, 1.165) is 19.6 Å². The number of aromatic amines is 1. The van der Waals surface area contributed by atoms with Gasteiger partial charge in [-0.25, -0.2) is 0 Å². The van der Waals surface area contributed by atoms with E-state index >= 15 is 0 Å². The van der Waals surface area contributed by atoms with Gasteiger partial charge in [-0.3, -0.25) is 14.7 Å². The van der Waals surface area contributed by atoms with Crippen LogP contribution in [0.3, 0.4) is 0 Å². The fourth-order valence-corrected chi connectivity index (χ4v) is 3.92. The third kappa shape index (κ3) is 3.48. The van der Waals surface area contributed by atoms with E-state index in [9.17, 15) is 0 Å². The van der Waals surface area contributed by atoms with Crippen molar-refractivity contribution in [2.24, 2.45) is 0 Å². The van der Waals surface area contributed by atoms with E-state index in [1.165, 1.54) is 56.6 Å². The van der Waals surface area contributed by atoms with E-state index in [1.54, 1.807) is 0 Å². The minimum atomic E-state index is 0.588. The first-order valence-electron chi connectivity index (χ1n) is 8.83. The molecule has 0 unspecified atom stereocenters. The first-order valence-corrected chi connectivity index (χ1v) is 8.83. The van der Waals surface area contributed by atoms with Crippen molar-refractivity contribution in [3.05, 3.63) is 35.9 Å². The molecular formula is C17H26N6. The summed E-state index contributed by atoms with van der Waals surface area (Å²) >= 11 is 0. The lowest BCUT2D eigenvalue weighted by molar-refractivity contribution is 0.111. The van der Waals surface area contributed by atoms with E-state index in [1.807, 2.05) is 18.6 Å². The second-order valence-corrected chi connectivity index (χ2v) is 6.86. The summed E-state index contributed by atoms with van der Waals surface area (Å²) in [4.78, 5) is 5.27. The highest BCUT2D eigenvalue weighted by molar-refractivity contribution is 5.07. The molecule has 0 spiro atoms. The molecule has 1 saturated heterocycles. The summed E-state index contributed by atoms with van der Waals surface area (Å²) in [5.74, 6) is 0. The summed E-state index contributed by atoms with van der Waals surface area (Å²) in [5, 5.41) is 11.5. The maximum atomic E-state index is 4.49. The number of hydrogen-bond acceptors (Lipinski definition) is 4. The second-order valence-electron chi connectivity index (χ2n) is 6.86. The van der Waals surface area contributed by atoms with E-state index in [-0.39, 0.29) is 0 Å². The van der Waals surface area contributed by atoms with E-state index in [2.05, 4.69) is 35.8 Å². The molecule has 2 aliphatic rings. The number of likely N-dealkylation sites (tertiary alicyclic amines) is 1. The van der Waals surface area contributed by atoms with E-state index in [4.69, 9.17) is 0 Å². The zero-order valence-electron chi connectivity index (χ0n) is 13.7. The Hall–Kier alpha value is -1.66. The molecule has 2 aromatic rings. The van der Waals surface area contributed by atoms with Gasteiger partial charge in [0.15, 0.2) is 0 Å². The third-order valence-electron chi connectivity index (χ3n) is 5.22. The van der Waals surface area contributed by atoms with Crippen LogP contribution >= 0.6 is 0 Å². The maximum absolute atomic E-state index is 4.49. The summed E-state index contributed by atoms with van der Waals surface area (Å²) < 4.78 is 2.18. The van der Waals surface area contributed by atoms with Crippen LogP contribution in [0.25, 0.3) is 0 Å². The van der Waals surface area contributed by atoms with Crippen LogP contribution in [0, 0.1) is 0 Å². The van der Waals surface area contributed by atoms with Crippen LogP contribution < -0.4 is 0 Å². The highest BCUT2D eigenvalue weighted by Gasteiger charge is 2.26. The average Bonchev–Trinajstić information content (AvgIpc) is 3.21. The molecule has 0 saturated carbocycles. The van der Waals surface area contributed by atoms with Crippen molar-refractivity contribution in [2.75, 3.05) is 19.6 Å². The SMILES string of the molecule is c1cc2n(n1)CC[C@H](CN1CCCCC1)N(Cc1cn[nH]c1)C2. The molecule has 0 aliphatic carbocycles. The standard InChI is InChI=1S/C17H26N6/c1-2-7-21(8-3-1)13-16-5-9-23-17(4-6-20-23)14-22(16)12-15-10-18-19-11-15/h4,6,10-11,16H,1-3,5,7-9,12-14H2,(H,18,19)/t16-/m1/s1. The summed E-state index contributed by atoms with van der Waals surface area (Å²) in [6.07, 6.45) is 11.2. The Balaban J connectivity index is 1.50. The van der Waals surface area contributed by atoms with Gasteiger partial charge in [-0.15, -0.1) is 0 Å². The molecule has 6 heteroatoms. The van der Waals surface area contributed by atoms with Gasteiger partial charge in [0.2, 0.25) is 0 Å². The molecule has 0 amide bonds. The smallest absolute Gasteiger partial charge is 0.0532 e. The molecule has 6 nitrogen and oxygen atoms in total. The Labute approximate surface area is 137 Å². The fourth-order valence-electron chi connectivity index (χ4n) is 3.92. The number of aryl methyl sites for hydroxylation is 1. The molecule has 0 bridgehead atoms. The molecule has 124 valence electrons. The summed E-state index contributed by atoms with van der Waals surface area (Å²) in [7, 11) is 0. The Morgan fingerprint density at radius 3 is 2.91 bits per heavy atom. The predicted molar refractivity (Wildman–Crippen MR) is 88.8 cm³/mol. The van der Waals surface area contributed by atoms with Gasteiger partial charge in [0.1, 0.15) is 0 Å². The Kier molecular flexibility index (Phi) is 4.43. The van der Waals surface area contributed by atoms with Crippen LogP contribution in [0.1, 0.15) is 36.9 Å². The van der Waals surface area contributed by atoms with Crippen LogP contribution in [0.2, 0.25) is 0 Å². The van der Waals surface area contributed by atoms with Crippen molar-refractivity contribution in [3.8, 4) is 0 Å². The number of nitrogens with one attached hydrogen (secondary N) is 1. The first-order chi connectivity index (χ1) is 11.4. The lowest BCUT2D eigenvalue weighted by Gasteiger charge is -2.35. The van der Waals surface area contributed by atoms with Crippen LogP contribution in [0.15, 0.2) is 24.7 Å². The highest BCUT2D eigenvalue weighted by atomic mass is 15.3. The van der Waals surface area contributed by atoms with Gasteiger partial charge in [0.25, 0.3) is 0 Å². The molecule has 23 heavy (non-hydrogen) atoms. The van der Waals surface area contributed by atoms with Gasteiger partial charge < -0.3 is 4.90 Å². The number of aromatic nitrogens is 4. The van der Waals surface area contributed by atoms with Crippen molar-refractivity contribution in [1.29, 1.82) is 0 Å². The van der Waals surface area contributed by atoms with Gasteiger partial charge >= 0.3 is 0 Å². The topological polar surface area (TPSA) is 53.0 Å². The quantitative estimate of drug-likeness (QED) is 0.936.